The largest absolute Gasteiger partial charge is 0.348 e. The monoisotopic (exact) mass is 397 g/mol. The molecule has 0 radical (unpaired) electrons. The summed E-state index contributed by atoms with van der Waals surface area (Å²) in [4.78, 5) is 38.0. The zero-order chi connectivity index (χ0) is 19.8. The summed E-state index contributed by atoms with van der Waals surface area (Å²) in [6.07, 6.45) is 1.65. The molecule has 0 saturated carbocycles. The molecule has 0 fully saturated rings. The first-order chi connectivity index (χ1) is 13.5. The van der Waals surface area contributed by atoms with Gasteiger partial charge in [0.25, 0.3) is 5.56 Å². The van der Waals surface area contributed by atoms with Gasteiger partial charge in [-0.1, -0.05) is 29.8 Å². The van der Waals surface area contributed by atoms with Crippen molar-refractivity contribution in [2.75, 3.05) is 0 Å². The van der Waals surface area contributed by atoms with Crippen LogP contribution in [0.15, 0.2) is 52.1 Å². The van der Waals surface area contributed by atoms with E-state index >= 15 is 0 Å². The molecule has 144 valence electrons. The maximum atomic E-state index is 12.8. The first-order valence-electron chi connectivity index (χ1n) is 9.29. The highest BCUT2D eigenvalue weighted by atomic mass is 35.5. The van der Waals surface area contributed by atoms with E-state index in [0.717, 1.165) is 28.5 Å². The van der Waals surface area contributed by atoms with E-state index in [2.05, 4.69) is 5.32 Å². The minimum Gasteiger partial charge on any atom is -0.348 e. The third-order valence-electron chi connectivity index (χ3n) is 5.27. The normalized spacial score (nSPS) is 15.6. The van der Waals surface area contributed by atoms with Crippen LogP contribution in [0.5, 0.6) is 0 Å². The van der Waals surface area contributed by atoms with Crippen LogP contribution in [0.2, 0.25) is 5.02 Å². The molecular formula is C21H20ClN3O3. The standard InChI is InChI=1S/C21H20ClN3O3/c1-2-24-20(27)16-5-3-4-6-18(16)25(21(24)28)12-19(26)23-17-10-7-13-11-14(22)8-9-15(13)17/h3-6,8-9,11,17H,2,7,10,12H2,1H3,(H,23,26). The van der Waals surface area contributed by atoms with Gasteiger partial charge in [0, 0.05) is 11.6 Å². The lowest BCUT2D eigenvalue weighted by Crippen LogP contribution is -2.42. The highest BCUT2D eigenvalue weighted by molar-refractivity contribution is 6.30. The van der Waals surface area contributed by atoms with Gasteiger partial charge in [-0.15, -0.1) is 0 Å². The highest BCUT2D eigenvalue weighted by Gasteiger charge is 2.24. The number of fused-ring (bicyclic) bond motifs is 2. The van der Waals surface area contributed by atoms with Crippen LogP contribution in [0.4, 0.5) is 0 Å². The van der Waals surface area contributed by atoms with Gasteiger partial charge in [0.15, 0.2) is 0 Å². The second-order valence-corrected chi connectivity index (χ2v) is 7.37. The number of amides is 1. The van der Waals surface area contributed by atoms with E-state index in [0.29, 0.717) is 15.9 Å². The maximum absolute atomic E-state index is 12.8. The van der Waals surface area contributed by atoms with E-state index < -0.39 is 5.69 Å². The number of halogens is 1. The summed E-state index contributed by atoms with van der Waals surface area (Å²) in [5.41, 5.74) is 1.87. The quantitative estimate of drug-likeness (QED) is 0.735. The zero-order valence-electron chi connectivity index (χ0n) is 15.4. The van der Waals surface area contributed by atoms with E-state index in [-0.39, 0.29) is 30.6 Å². The number of hydrogen-bond donors (Lipinski definition) is 1. The second-order valence-electron chi connectivity index (χ2n) is 6.94. The SMILES string of the molecule is CCn1c(=O)c2ccccc2n(CC(=O)NC2CCc3cc(Cl)ccc32)c1=O. The van der Waals surface area contributed by atoms with Crippen molar-refractivity contribution in [2.24, 2.45) is 0 Å². The molecule has 1 N–H and O–H groups in total. The van der Waals surface area contributed by atoms with Gasteiger partial charge in [-0.2, -0.15) is 0 Å². The molecule has 1 atom stereocenters. The Bertz CT molecular complexity index is 1200. The number of aryl methyl sites for hydroxylation is 1. The molecule has 0 saturated heterocycles. The first kappa shape index (κ1) is 18.5. The fourth-order valence-electron chi connectivity index (χ4n) is 3.92. The molecule has 1 aliphatic carbocycles. The molecule has 1 amide bonds. The van der Waals surface area contributed by atoms with Crippen molar-refractivity contribution in [1.82, 2.24) is 14.5 Å². The third-order valence-corrected chi connectivity index (χ3v) is 5.50. The van der Waals surface area contributed by atoms with Gasteiger partial charge in [-0.05, 0) is 55.2 Å². The molecule has 6 nitrogen and oxygen atoms in total. The molecule has 1 aliphatic rings. The Hall–Kier alpha value is -2.86. The lowest BCUT2D eigenvalue weighted by molar-refractivity contribution is -0.122. The molecule has 1 heterocycles. The van der Waals surface area contributed by atoms with Crippen molar-refractivity contribution < 1.29 is 4.79 Å². The number of nitrogens with zero attached hydrogens (tertiary/aromatic N) is 2. The predicted molar refractivity (Wildman–Crippen MR) is 109 cm³/mol. The highest BCUT2D eigenvalue weighted by Crippen LogP contribution is 2.32. The molecule has 1 unspecified atom stereocenters. The number of carbonyl (C=O) groups excluding carboxylic acids is 1. The number of benzene rings is 2. The molecule has 7 heteroatoms. The van der Waals surface area contributed by atoms with Crippen LogP contribution >= 0.6 is 11.6 Å². The molecule has 0 bridgehead atoms. The summed E-state index contributed by atoms with van der Waals surface area (Å²) in [6.45, 7) is 1.85. The molecule has 2 aromatic carbocycles. The van der Waals surface area contributed by atoms with Crippen molar-refractivity contribution >= 4 is 28.4 Å². The van der Waals surface area contributed by atoms with Crippen molar-refractivity contribution in [3.8, 4) is 0 Å². The molecule has 3 aromatic rings. The molecular weight excluding hydrogens is 378 g/mol. The topological polar surface area (TPSA) is 73.1 Å². The summed E-state index contributed by atoms with van der Waals surface area (Å²) < 4.78 is 2.52. The van der Waals surface area contributed by atoms with Gasteiger partial charge in [0.1, 0.15) is 6.54 Å². The number of aromatic nitrogens is 2. The minimum atomic E-state index is -0.472. The van der Waals surface area contributed by atoms with Crippen LogP contribution in [-0.2, 0) is 24.3 Å². The van der Waals surface area contributed by atoms with Crippen LogP contribution in [0.3, 0.4) is 0 Å². The van der Waals surface area contributed by atoms with E-state index in [4.69, 9.17) is 11.6 Å². The van der Waals surface area contributed by atoms with Crippen LogP contribution in [0, 0.1) is 0 Å². The Morgan fingerprint density at radius 3 is 2.75 bits per heavy atom. The fourth-order valence-corrected chi connectivity index (χ4v) is 4.12. The lowest BCUT2D eigenvalue weighted by atomic mass is 10.1. The predicted octanol–water partition coefficient (Wildman–Crippen LogP) is 2.64. The zero-order valence-corrected chi connectivity index (χ0v) is 16.2. The molecule has 4 rings (SSSR count). The van der Waals surface area contributed by atoms with Crippen molar-refractivity contribution in [3.63, 3.8) is 0 Å². The average Bonchev–Trinajstić information content (AvgIpc) is 3.07. The van der Waals surface area contributed by atoms with E-state index in [1.165, 1.54) is 4.57 Å². The van der Waals surface area contributed by atoms with E-state index in [9.17, 15) is 14.4 Å². The summed E-state index contributed by atoms with van der Waals surface area (Å²) in [5, 5.41) is 4.13. The van der Waals surface area contributed by atoms with Gasteiger partial charge in [-0.3, -0.25) is 18.7 Å². The van der Waals surface area contributed by atoms with Crippen LogP contribution < -0.4 is 16.6 Å². The molecule has 28 heavy (non-hydrogen) atoms. The van der Waals surface area contributed by atoms with Crippen molar-refractivity contribution in [3.05, 3.63) is 79.5 Å². The van der Waals surface area contributed by atoms with Gasteiger partial charge in [-0.25, -0.2) is 4.79 Å². The third kappa shape index (κ3) is 3.14. The Kier molecular flexibility index (Phi) is 4.81. The Balaban J connectivity index is 1.65. The summed E-state index contributed by atoms with van der Waals surface area (Å²) in [6, 6.07) is 12.5. The van der Waals surface area contributed by atoms with Gasteiger partial charge < -0.3 is 5.32 Å². The van der Waals surface area contributed by atoms with E-state index in [1.807, 2.05) is 18.2 Å². The lowest BCUT2D eigenvalue weighted by Gasteiger charge is -2.17. The maximum Gasteiger partial charge on any atom is 0.331 e. The van der Waals surface area contributed by atoms with Crippen molar-refractivity contribution in [1.29, 1.82) is 0 Å². The van der Waals surface area contributed by atoms with Gasteiger partial charge in [0.05, 0.1) is 16.9 Å². The smallest absolute Gasteiger partial charge is 0.331 e. The molecule has 1 aromatic heterocycles. The summed E-state index contributed by atoms with van der Waals surface area (Å²) >= 11 is 6.05. The van der Waals surface area contributed by atoms with Crippen LogP contribution in [0.1, 0.15) is 30.5 Å². The number of nitrogens with one attached hydrogen (secondary N) is 1. The molecule has 0 aliphatic heterocycles. The van der Waals surface area contributed by atoms with Gasteiger partial charge >= 0.3 is 5.69 Å². The molecule has 0 spiro atoms. The second kappa shape index (κ2) is 7.28. The average molecular weight is 398 g/mol. The van der Waals surface area contributed by atoms with Gasteiger partial charge in [0.2, 0.25) is 5.91 Å². The number of rotatable bonds is 4. The van der Waals surface area contributed by atoms with Crippen LogP contribution in [-0.4, -0.2) is 15.0 Å². The Morgan fingerprint density at radius 1 is 1.18 bits per heavy atom. The van der Waals surface area contributed by atoms with Crippen molar-refractivity contribution in [2.45, 2.75) is 38.9 Å². The van der Waals surface area contributed by atoms with Crippen LogP contribution in [0.25, 0.3) is 10.9 Å². The minimum absolute atomic E-state index is 0.0983. The fraction of sp³-hybridized carbons (Fsp3) is 0.286. The summed E-state index contributed by atoms with van der Waals surface area (Å²) in [7, 11) is 0. The summed E-state index contributed by atoms with van der Waals surface area (Å²) in [5.74, 6) is -0.263. The van der Waals surface area contributed by atoms with E-state index in [1.54, 1.807) is 31.2 Å². The number of para-hydroxylation sites is 1. The Morgan fingerprint density at radius 2 is 1.96 bits per heavy atom. The number of hydrogen-bond acceptors (Lipinski definition) is 3. The number of carbonyl (C=O) groups is 1. The Labute approximate surface area is 166 Å². The first-order valence-corrected chi connectivity index (χ1v) is 9.67.